The van der Waals surface area contributed by atoms with Crippen molar-refractivity contribution in [1.29, 1.82) is 0 Å². The van der Waals surface area contributed by atoms with Gasteiger partial charge in [0, 0.05) is 48.2 Å². The summed E-state index contributed by atoms with van der Waals surface area (Å²) in [5.74, 6) is 2.12. The molecule has 1 fully saturated rings. The van der Waals surface area contributed by atoms with Crippen molar-refractivity contribution in [2.75, 3.05) is 5.73 Å². The van der Waals surface area contributed by atoms with Crippen LogP contribution in [0.15, 0.2) is 91.5 Å². The molecule has 5 aromatic rings. The number of rotatable bonds is 8. The van der Waals surface area contributed by atoms with Crippen LogP contribution in [0.3, 0.4) is 0 Å². The van der Waals surface area contributed by atoms with Crippen LogP contribution in [0.2, 0.25) is 0 Å². The van der Waals surface area contributed by atoms with Crippen molar-refractivity contribution in [3.8, 4) is 22.6 Å². The first-order valence-corrected chi connectivity index (χ1v) is 13.7. The quantitative estimate of drug-likeness (QED) is 0.241. The van der Waals surface area contributed by atoms with E-state index in [2.05, 4.69) is 62.2 Å². The summed E-state index contributed by atoms with van der Waals surface area (Å²) < 4.78 is 8.31. The summed E-state index contributed by atoms with van der Waals surface area (Å²) in [5.41, 5.74) is 10.6. The minimum absolute atomic E-state index is 0.375. The zero-order valence-electron chi connectivity index (χ0n) is 22.2. The number of nitrogens with one attached hydrogen (secondary N) is 1. The molecule has 1 aliphatic carbocycles. The average molecular weight is 519 g/mol. The van der Waals surface area contributed by atoms with E-state index in [1.165, 1.54) is 0 Å². The van der Waals surface area contributed by atoms with E-state index in [1.54, 1.807) is 6.33 Å². The maximum atomic E-state index is 6.41. The zero-order chi connectivity index (χ0) is 26.6. The Bertz CT molecular complexity index is 1510. The fourth-order valence-electron chi connectivity index (χ4n) is 5.75. The Morgan fingerprint density at radius 2 is 1.64 bits per heavy atom. The number of nitrogens with zero attached hydrogens (tertiary/aromatic N) is 4. The number of fused-ring (bicyclic) bond motifs is 1. The number of nitrogens with two attached hydrogens (primary N) is 1. The van der Waals surface area contributed by atoms with Crippen LogP contribution in [0.5, 0.6) is 11.5 Å². The van der Waals surface area contributed by atoms with Gasteiger partial charge in [0.1, 0.15) is 29.3 Å². The molecule has 1 atom stereocenters. The molecule has 1 saturated carbocycles. The summed E-state index contributed by atoms with van der Waals surface area (Å²) >= 11 is 0. The Labute approximate surface area is 229 Å². The lowest BCUT2D eigenvalue weighted by molar-refractivity contribution is 0.279. The van der Waals surface area contributed by atoms with Crippen molar-refractivity contribution in [2.45, 2.75) is 57.2 Å². The van der Waals surface area contributed by atoms with Crippen LogP contribution < -0.4 is 15.8 Å². The highest BCUT2D eigenvalue weighted by atomic mass is 16.5. The molecule has 7 nitrogen and oxygen atoms in total. The lowest BCUT2D eigenvalue weighted by Gasteiger charge is -2.32. The third-order valence-electron chi connectivity index (χ3n) is 7.63. The van der Waals surface area contributed by atoms with Gasteiger partial charge in [-0.1, -0.05) is 36.4 Å². The average Bonchev–Trinajstić information content (AvgIpc) is 3.36. The van der Waals surface area contributed by atoms with Gasteiger partial charge in [-0.3, -0.25) is 4.98 Å². The SMILES string of the molecule is CC(Cc1ccccn1)N[C@H]1CC[C@H](n2cc(-c3ccc(Oc4ccccc4)cc3)c3c(N)ncnc32)CC1. The van der Waals surface area contributed by atoms with E-state index in [-0.39, 0.29) is 0 Å². The minimum Gasteiger partial charge on any atom is -0.457 e. The first-order valence-electron chi connectivity index (χ1n) is 13.7. The maximum absolute atomic E-state index is 6.41. The standard InChI is InChI=1S/C32H34N6O/c1-22(19-25-7-5-6-18-34-25)37-24-12-14-26(15-13-24)38-20-29(30-31(33)35-21-36-32(30)38)23-10-16-28(17-11-23)39-27-8-3-2-4-9-27/h2-11,16-18,20-22,24,26,37H,12-15,19H2,1H3,(H2,33,35,36)/t22?,24-,26-. The first kappa shape index (κ1) is 25.1. The molecule has 7 heteroatoms. The second-order valence-corrected chi connectivity index (χ2v) is 10.4. The molecule has 0 radical (unpaired) electrons. The summed E-state index contributed by atoms with van der Waals surface area (Å²) in [5, 5.41) is 4.75. The van der Waals surface area contributed by atoms with Crippen LogP contribution in [-0.4, -0.2) is 31.6 Å². The Hall–Kier alpha value is -4.23. The predicted octanol–water partition coefficient (Wildman–Crippen LogP) is 6.57. The van der Waals surface area contributed by atoms with Crippen molar-refractivity contribution < 1.29 is 4.74 Å². The summed E-state index contributed by atoms with van der Waals surface area (Å²) in [6.45, 7) is 2.25. The maximum Gasteiger partial charge on any atom is 0.146 e. The van der Waals surface area contributed by atoms with Crippen molar-refractivity contribution >= 4 is 16.9 Å². The van der Waals surface area contributed by atoms with Gasteiger partial charge in [-0.2, -0.15) is 0 Å². The van der Waals surface area contributed by atoms with E-state index in [4.69, 9.17) is 10.5 Å². The lowest BCUT2D eigenvalue weighted by Crippen LogP contribution is -2.40. The first-order chi connectivity index (χ1) is 19.1. The number of benzene rings is 2. The normalized spacial score (nSPS) is 18.2. The second-order valence-electron chi connectivity index (χ2n) is 10.4. The molecule has 0 aliphatic heterocycles. The molecule has 3 N–H and O–H groups in total. The number of anilines is 1. The number of pyridine rings is 1. The predicted molar refractivity (Wildman–Crippen MR) is 156 cm³/mol. The summed E-state index contributed by atoms with van der Waals surface area (Å²) in [6.07, 6.45) is 11.0. The molecular weight excluding hydrogens is 484 g/mol. The molecular formula is C32H34N6O. The van der Waals surface area contributed by atoms with Gasteiger partial charge in [-0.15, -0.1) is 0 Å². The molecule has 0 bridgehead atoms. The lowest BCUT2D eigenvalue weighted by atomic mass is 9.90. The number of nitrogen functional groups attached to an aromatic ring is 1. The highest BCUT2D eigenvalue weighted by Gasteiger charge is 2.26. The topological polar surface area (TPSA) is 90.9 Å². The highest BCUT2D eigenvalue weighted by Crippen LogP contribution is 2.38. The molecule has 1 unspecified atom stereocenters. The van der Waals surface area contributed by atoms with E-state index in [1.807, 2.05) is 54.7 Å². The van der Waals surface area contributed by atoms with Crippen molar-refractivity contribution in [2.24, 2.45) is 0 Å². The van der Waals surface area contributed by atoms with Crippen molar-refractivity contribution in [3.05, 3.63) is 97.2 Å². The van der Waals surface area contributed by atoms with Gasteiger partial charge in [0.05, 0.1) is 5.39 Å². The smallest absolute Gasteiger partial charge is 0.146 e. The van der Waals surface area contributed by atoms with Gasteiger partial charge in [-0.25, -0.2) is 9.97 Å². The van der Waals surface area contributed by atoms with Crippen LogP contribution in [-0.2, 0) is 6.42 Å². The van der Waals surface area contributed by atoms with Gasteiger partial charge in [0.15, 0.2) is 0 Å². The molecule has 1 aliphatic rings. The molecule has 0 amide bonds. The number of ether oxygens (including phenoxy) is 1. The van der Waals surface area contributed by atoms with Crippen molar-refractivity contribution in [1.82, 2.24) is 24.8 Å². The van der Waals surface area contributed by atoms with Gasteiger partial charge < -0.3 is 20.4 Å². The molecule has 39 heavy (non-hydrogen) atoms. The van der Waals surface area contributed by atoms with Gasteiger partial charge in [0.25, 0.3) is 0 Å². The Morgan fingerprint density at radius 3 is 2.38 bits per heavy atom. The molecule has 2 aromatic carbocycles. The third kappa shape index (κ3) is 5.64. The number of hydrogen-bond acceptors (Lipinski definition) is 6. The molecule has 0 spiro atoms. The Kier molecular flexibility index (Phi) is 7.23. The number of aromatic nitrogens is 4. The Morgan fingerprint density at radius 1 is 0.897 bits per heavy atom. The van der Waals surface area contributed by atoms with Crippen LogP contribution >= 0.6 is 0 Å². The van der Waals surface area contributed by atoms with E-state index < -0.39 is 0 Å². The molecule has 3 aromatic heterocycles. The number of para-hydroxylation sites is 1. The summed E-state index contributed by atoms with van der Waals surface area (Å²) in [7, 11) is 0. The summed E-state index contributed by atoms with van der Waals surface area (Å²) in [6, 6.07) is 25.3. The van der Waals surface area contributed by atoms with Crippen molar-refractivity contribution in [3.63, 3.8) is 0 Å². The van der Waals surface area contributed by atoms with E-state index in [0.717, 1.165) is 71.5 Å². The van der Waals surface area contributed by atoms with Crippen LogP contribution in [0.1, 0.15) is 44.3 Å². The van der Waals surface area contributed by atoms with Gasteiger partial charge >= 0.3 is 0 Å². The van der Waals surface area contributed by atoms with Gasteiger partial charge in [-0.05, 0) is 74.6 Å². The van der Waals surface area contributed by atoms with Crippen LogP contribution in [0.25, 0.3) is 22.2 Å². The number of hydrogen-bond donors (Lipinski definition) is 2. The largest absolute Gasteiger partial charge is 0.457 e. The molecule has 0 saturated heterocycles. The molecule has 198 valence electrons. The van der Waals surface area contributed by atoms with E-state index >= 15 is 0 Å². The fraction of sp³-hybridized carbons (Fsp3) is 0.281. The zero-order valence-corrected chi connectivity index (χ0v) is 22.2. The molecule has 6 rings (SSSR count). The minimum atomic E-state index is 0.375. The van der Waals surface area contributed by atoms with Crippen LogP contribution in [0.4, 0.5) is 5.82 Å². The highest BCUT2D eigenvalue weighted by molar-refractivity contribution is 6.00. The summed E-state index contributed by atoms with van der Waals surface area (Å²) in [4.78, 5) is 13.5. The third-order valence-corrected chi connectivity index (χ3v) is 7.63. The van der Waals surface area contributed by atoms with Gasteiger partial charge in [0.2, 0.25) is 0 Å². The monoisotopic (exact) mass is 518 g/mol. The fourth-order valence-corrected chi connectivity index (χ4v) is 5.75. The van der Waals surface area contributed by atoms with E-state index in [9.17, 15) is 0 Å². The second kappa shape index (κ2) is 11.3. The molecule has 3 heterocycles. The van der Waals surface area contributed by atoms with E-state index in [0.29, 0.717) is 23.9 Å². The van der Waals surface area contributed by atoms with Crippen LogP contribution in [0, 0.1) is 0 Å². The Balaban J connectivity index is 1.17.